The maximum absolute atomic E-state index is 7.76. The minimum absolute atomic E-state index is 0.587. The van der Waals surface area contributed by atoms with Crippen molar-refractivity contribution in [1.82, 2.24) is 9.38 Å². The molecule has 0 aliphatic heterocycles. The molecule has 0 amide bonds. The van der Waals surface area contributed by atoms with Crippen LogP contribution in [0.3, 0.4) is 0 Å². The third kappa shape index (κ3) is 2.13. The number of aromatic nitrogens is 3. The van der Waals surface area contributed by atoms with E-state index in [4.69, 9.17) is 6.57 Å². The normalized spacial score (nSPS) is 12.6. The van der Waals surface area contributed by atoms with Gasteiger partial charge in [0.15, 0.2) is 6.20 Å². The van der Waals surface area contributed by atoms with Crippen LogP contribution in [0.5, 0.6) is 0 Å². The zero-order chi connectivity index (χ0) is 21.7. The predicted molar refractivity (Wildman–Crippen MR) is 127 cm³/mol. The van der Waals surface area contributed by atoms with Crippen LogP contribution in [0, 0.1) is 20.4 Å². The average molecular weight is 404 g/mol. The molecule has 6 aromatic rings. The molecule has 6 rings (SSSR count). The van der Waals surface area contributed by atoms with Gasteiger partial charge in [-0.3, -0.25) is 4.98 Å². The Balaban J connectivity index is 2.06. The highest BCUT2D eigenvalue weighted by Gasteiger charge is 2.30. The molecule has 0 spiro atoms. The second-order valence-electron chi connectivity index (χ2n) is 9.22. The molecule has 0 N–H and O–H groups in total. The van der Waals surface area contributed by atoms with Crippen LogP contribution >= 0.6 is 0 Å². The molecule has 0 saturated carbocycles. The Hall–Kier alpha value is -3.71. The Kier molecular flexibility index (Phi) is 3.33. The summed E-state index contributed by atoms with van der Waals surface area (Å²) in [6.45, 7) is 16.2. The van der Waals surface area contributed by atoms with E-state index in [0.29, 0.717) is 0 Å². The maximum atomic E-state index is 7.76. The summed E-state index contributed by atoms with van der Waals surface area (Å²) in [6, 6.07) is 11.0. The zero-order valence-electron chi connectivity index (χ0n) is 18.4. The van der Waals surface area contributed by atoms with Gasteiger partial charge < -0.3 is 9.25 Å². The molecule has 4 nitrogen and oxygen atoms in total. The van der Waals surface area contributed by atoms with E-state index in [0.717, 1.165) is 16.6 Å². The number of fused-ring (bicyclic) bond motifs is 5. The Morgan fingerprint density at radius 3 is 2.61 bits per heavy atom. The smallest absolute Gasteiger partial charge is 0.252 e. The number of hydrogen-bond donors (Lipinski definition) is 0. The first kappa shape index (κ1) is 18.1. The van der Waals surface area contributed by atoms with Gasteiger partial charge in [0.1, 0.15) is 7.05 Å². The molecular weight excluding hydrogens is 380 g/mol. The van der Waals surface area contributed by atoms with Crippen molar-refractivity contribution >= 4 is 49.0 Å². The van der Waals surface area contributed by atoms with Gasteiger partial charge in [0, 0.05) is 48.6 Å². The van der Waals surface area contributed by atoms with Gasteiger partial charge in [0.2, 0.25) is 5.52 Å². The summed E-state index contributed by atoms with van der Waals surface area (Å²) in [6.07, 6.45) is 5.99. The number of hydrogen-bond acceptors (Lipinski definition) is 1. The summed E-state index contributed by atoms with van der Waals surface area (Å²) in [5.41, 5.74) is 7.84. The molecule has 0 fully saturated rings. The largest absolute Gasteiger partial charge is 0.307 e. The van der Waals surface area contributed by atoms with Crippen molar-refractivity contribution in [3.05, 3.63) is 77.0 Å². The van der Waals surface area contributed by atoms with Crippen molar-refractivity contribution in [3.8, 4) is 0 Å². The molecule has 4 heterocycles. The molecule has 2 aromatic carbocycles. The fourth-order valence-corrected chi connectivity index (χ4v) is 5.17. The second kappa shape index (κ2) is 5.70. The summed E-state index contributed by atoms with van der Waals surface area (Å²) in [5, 5.41) is 6.11. The number of nitrogens with zero attached hydrogens (tertiary/aromatic N) is 4. The third-order valence-electron chi connectivity index (χ3n) is 7.05. The summed E-state index contributed by atoms with van der Waals surface area (Å²) >= 11 is 0. The molecule has 4 heteroatoms. The standard InChI is InChI=1S/C27H23N4/c1-15-11-19-20-14-29-9-7-21(20)31-22-13-18(27(3,4)28-5)12-17-8-10-30(6)26(24(17)22)23(16(15)2)25(19)31/h7-14H,1-4,6H3/q+1. The van der Waals surface area contributed by atoms with Gasteiger partial charge in [0.05, 0.1) is 27.3 Å². The van der Waals surface area contributed by atoms with Gasteiger partial charge in [-0.05, 0) is 54.6 Å². The summed E-state index contributed by atoms with van der Waals surface area (Å²) in [7, 11) is 2.13. The first-order valence-electron chi connectivity index (χ1n) is 10.6. The molecule has 0 aliphatic carbocycles. The number of pyridine rings is 3. The van der Waals surface area contributed by atoms with E-state index in [9.17, 15) is 0 Å². The monoisotopic (exact) mass is 403 g/mol. The molecule has 0 saturated heterocycles. The quantitative estimate of drug-likeness (QED) is 0.143. The van der Waals surface area contributed by atoms with Gasteiger partial charge in [-0.15, -0.1) is 0 Å². The Morgan fingerprint density at radius 2 is 1.84 bits per heavy atom. The molecule has 0 aliphatic rings. The van der Waals surface area contributed by atoms with Crippen LogP contribution in [-0.2, 0) is 12.6 Å². The number of aryl methyl sites for hydroxylation is 3. The van der Waals surface area contributed by atoms with Crippen LogP contribution in [0.25, 0.3) is 53.8 Å². The lowest BCUT2D eigenvalue weighted by molar-refractivity contribution is -0.643. The highest BCUT2D eigenvalue weighted by Crippen LogP contribution is 2.42. The number of benzene rings is 2. The van der Waals surface area contributed by atoms with Gasteiger partial charge in [-0.2, -0.15) is 0 Å². The van der Waals surface area contributed by atoms with Gasteiger partial charge in [-0.1, -0.05) is 0 Å². The Morgan fingerprint density at radius 1 is 1.03 bits per heavy atom. The van der Waals surface area contributed by atoms with Crippen molar-refractivity contribution in [2.75, 3.05) is 0 Å². The molecular formula is C27H23N4+. The highest BCUT2D eigenvalue weighted by molar-refractivity contribution is 6.26. The van der Waals surface area contributed by atoms with Crippen molar-refractivity contribution in [2.45, 2.75) is 33.2 Å². The van der Waals surface area contributed by atoms with Crippen LogP contribution < -0.4 is 4.57 Å². The third-order valence-corrected chi connectivity index (χ3v) is 7.05. The Bertz CT molecular complexity index is 1750. The van der Waals surface area contributed by atoms with Crippen LogP contribution in [0.4, 0.5) is 0 Å². The van der Waals surface area contributed by atoms with Crippen LogP contribution in [0.1, 0.15) is 30.5 Å². The maximum Gasteiger partial charge on any atom is 0.252 e. The van der Waals surface area contributed by atoms with Crippen LogP contribution in [0.15, 0.2) is 48.9 Å². The minimum Gasteiger partial charge on any atom is -0.307 e. The lowest BCUT2D eigenvalue weighted by Crippen LogP contribution is -2.29. The van der Waals surface area contributed by atoms with Gasteiger partial charge >= 0.3 is 0 Å². The van der Waals surface area contributed by atoms with E-state index in [1.54, 1.807) is 0 Å². The van der Waals surface area contributed by atoms with Crippen molar-refractivity contribution in [2.24, 2.45) is 7.05 Å². The van der Waals surface area contributed by atoms with Crippen molar-refractivity contribution in [1.29, 1.82) is 0 Å². The predicted octanol–water partition coefficient (Wildman–Crippen LogP) is 5.98. The highest BCUT2D eigenvalue weighted by atomic mass is 15.0. The van der Waals surface area contributed by atoms with Crippen LogP contribution in [0.2, 0.25) is 0 Å². The fourth-order valence-electron chi connectivity index (χ4n) is 5.17. The Labute approximate surface area is 180 Å². The van der Waals surface area contributed by atoms with E-state index < -0.39 is 5.54 Å². The SMILES string of the molecule is [C-]#[N+]C(C)(C)c1cc2cc[n+](C)c3c4c(C)c(C)cc5c6cnccc6n(c(c1)c23)c54. The van der Waals surface area contributed by atoms with E-state index in [1.165, 1.54) is 49.1 Å². The van der Waals surface area contributed by atoms with E-state index >= 15 is 0 Å². The topological polar surface area (TPSA) is 25.5 Å². The van der Waals surface area contributed by atoms with Crippen molar-refractivity contribution in [3.63, 3.8) is 0 Å². The molecule has 0 atom stereocenters. The van der Waals surface area contributed by atoms with E-state index in [2.05, 4.69) is 76.2 Å². The zero-order valence-corrected chi connectivity index (χ0v) is 18.4. The number of rotatable bonds is 1. The average Bonchev–Trinajstić information content (AvgIpc) is 3.09. The molecule has 0 unspecified atom stereocenters. The minimum atomic E-state index is -0.587. The van der Waals surface area contributed by atoms with Gasteiger partial charge in [-0.25, -0.2) is 11.1 Å². The summed E-state index contributed by atoms with van der Waals surface area (Å²) in [4.78, 5) is 8.37. The summed E-state index contributed by atoms with van der Waals surface area (Å²) < 4.78 is 4.64. The molecule has 4 aromatic heterocycles. The van der Waals surface area contributed by atoms with Crippen LogP contribution in [-0.4, -0.2) is 9.38 Å². The van der Waals surface area contributed by atoms with Gasteiger partial charge in [0.25, 0.3) is 5.54 Å². The molecule has 0 bridgehead atoms. The lowest BCUT2D eigenvalue weighted by atomic mass is 9.90. The van der Waals surface area contributed by atoms with E-state index in [-0.39, 0.29) is 0 Å². The van der Waals surface area contributed by atoms with Crippen molar-refractivity contribution < 1.29 is 4.57 Å². The first-order chi connectivity index (χ1) is 14.8. The summed E-state index contributed by atoms with van der Waals surface area (Å²) in [5.74, 6) is 0. The molecule has 31 heavy (non-hydrogen) atoms. The second-order valence-corrected chi connectivity index (χ2v) is 9.22. The molecule has 0 radical (unpaired) electrons. The molecule has 150 valence electrons. The lowest BCUT2D eigenvalue weighted by Gasteiger charge is -2.17. The van der Waals surface area contributed by atoms with E-state index in [1.807, 2.05) is 26.2 Å². The fraction of sp³-hybridized carbons (Fsp3) is 0.222. The first-order valence-corrected chi connectivity index (χ1v) is 10.6.